The first-order valence-electron chi connectivity index (χ1n) is 5.90. The van der Waals surface area contributed by atoms with Crippen molar-refractivity contribution in [3.8, 4) is 5.75 Å². The molecule has 0 fully saturated rings. The number of hydrogen-bond acceptors (Lipinski definition) is 4. The van der Waals surface area contributed by atoms with Crippen molar-refractivity contribution in [1.29, 1.82) is 0 Å². The standard InChI is InChI=1S/C14H14Cl2O4/c1-9(2)8-19-12(17)6-7-13(18)20-14-10(15)4-3-5-11(14)16/h3-7,9H,8H2,1-2H3/b7-6+. The molecule has 0 atom stereocenters. The van der Waals surface area contributed by atoms with Crippen molar-refractivity contribution in [2.24, 2.45) is 5.92 Å². The lowest BCUT2D eigenvalue weighted by molar-refractivity contribution is -0.139. The fraction of sp³-hybridized carbons (Fsp3) is 0.286. The second-order valence-corrected chi connectivity index (χ2v) is 5.14. The van der Waals surface area contributed by atoms with Crippen molar-refractivity contribution in [2.45, 2.75) is 13.8 Å². The molecule has 0 spiro atoms. The summed E-state index contributed by atoms with van der Waals surface area (Å²) in [7, 11) is 0. The Kier molecular flexibility index (Phi) is 6.55. The summed E-state index contributed by atoms with van der Waals surface area (Å²) in [6.07, 6.45) is 1.96. The van der Waals surface area contributed by atoms with Gasteiger partial charge in [-0.1, -0.05) is 43.1 Å². The Morgan fingerprint density at radius 2 is 1.70 bits per heavy atom. The highest BCUT2D eigenvalue weighted by Crippen LogP contribution is 2.32. The minimum atomic E-state index is -0.763. The molecule has 108 valence electrons. The number of rotatable bonds is 5. The molecule has 0 aliphatic rings. The fourth-order valence-electron chi connectivity index (χ4n) is 1.15. The zero-order valence-electron chi connectivity index (χ0n) is 11.1. The average molecular weight is 317 g/mol. The Bertz CT molecular complexity index is 504. The summed E-state index contributed by atoms with van der Waals surface area (Å²) >= 11 is 11.7. The quantitative estimate of drug-likeness (QED) is 0.472. The minimum Gasteiger partial charge on any atom is -0.462 e. The van der Waals surface area contributed by atoms with Crippen molar-refractivity contribution in [3.05, 3.63) is 40.4 Å². The number of esters is 2. The molecular formula is C14H14Cl2O4. The topological polar surface area (TPSA) is 52.6 Å². The lowest BCUT2D eigenvalue weighted by Gasteiger charge is -2.06. The molecule has 0 aliphatic carbocycles. The highest BCUT2D eigenvalue weighted by molar-refractivity contribution is 6.37. The van der Waals surface area contributed by atoms with Gasteiger partial charge in [0.1, 0.15) is 0 Å². The third kappa shape index (κ3) is 5.63. The monoisotopic (exact) mass is 316 g/mol. The fourth-order valence-corrected chi connectivity index (χ4v) is 1.62. The van der Waals surface area contributed by atoms with E-state index in [1.54, 1.807) is 6.07 Å². The number of ether oxygens (including phenoxy) is 2. The van der Waals surface area contributed by atoms with Crippen molar-refractivity contribution in [1.82, 2.24) is 0 Å². The summed E-state index contributed by atoms with van der Waals surface area (Å²) in [5.41, 5.74) is 0. The van der Waals surface area contributed by atoms with Crippen molar-refractivity contribution >= 4 is 35.1 Å². The van der Waals surface area contributed by atoms with Gasteiger partial charge in [0, 0.05) is 12.2 Å². The molecule has 0 aliphatic heterocycles. The molecule has 0 bridgehead atoms. The van der Waals surface area contributed by atoms with Gasteiger partial charge in [-0.15, -0.1) is 0 Å². The number of carbonyl (C=O) groups is 2. The summed E-state index contributed by atoms with van der Waals surface area (Å²) in [5.74, 6) is -1.09. The van der Waals surface area contributed by atoms with Gasteiger partial charge >= 0.3 is 11.9 Å². The zero-order chi connectivity index (χ0) is 15.1. The SMILES string of the molecule is CC(C)COC(=O)/C=C/C(=O)Oc1c(Cl)cccc1Cl. The van der Waals surface area contributed by atoms with Crippen LogP contribution in [0.25, 0.3) is 0 Å². The van der Waals surface area contributed by atoms with E-state index >= 15 is 0 Å². The van der Waals surface area contributed by atoms with Crippen molar-refractivity contribution in [3.63, 3.8) is 0 Å². The lowest BCUT2D eigenvalue weighted by atomic mass is 10.2. The minimum absolute atomic E-state index is 0.0565. The highest BCUT2D eigenvalue weighted by Gasteiger charge is 2.10. The van der Waals surface area contributed by atoms with Crippen LogP contribution in [0.3, 0.4) is 0 Å². The van der Waals surface area contributed by atoms with E-state index in [-0.39, 0.29) is 28.3 Å². The van der Waals surface area contributed by atoms with Crippen LogP contribution in [-0.4, -0.2) is 18.5 Å². The number of halogens is 2. The number of hydrogen-bond donors (Lipinski definition) is 0. The van der Waals surface area contributed by atoms with Gasteiger partial charge in [-0.05, 0) is 18.1 Å². The number of benzene rings is 1. The normalized spacial score (nSPS) is 10.8. The molecule has 0 radical (unpaired) electrons. The summed E-state index contributed by atoms with van der Waals surface area (Å²) in [6.45, 7) is 4.10. The van der Waals surface area contributed by atoms with E-state index in [9.17, 15) is 9.59 Å². The van der Waals surface area contributed by atoms with E-state index in [0.717, 1.165) is 12.2 Å². The van der Waals surface area contributed by atoms with E-state index in [1.165, 1.54) is 12.1 Å². The Hall–Kier alpha value is -1.52. The van der Waals surface area contributed by atoms with Crippen LogP contribution in [0.2, 0.25) is 10.0 Å². The molecular weight excluding hydrogens is 303 g/mol. The van der Waals surface area contributed by atoms with Gasteiger partial charge in [0.2, 0.25) is 0 Å². The van der Waals surface area contributed by atoms with Crippen LogP contribution in [0.15, 0.2) is 30.4 Å². The van der Waals surface area contributed by atoms with Crippen LogP contribution < -0.4 is 4.74 Å². The van der Waals surface area contributed by atoms with Gasteiger partial charge in [-0.3, -0.25) is 0 Å². The van der Waals surface area contributed by atoms with E-state index < -0.39 is 11.9 Å². The second kappa shape index (κ2) is 7.92. The van der Waals surface area contributed by atoms with Crippen LogP contribution in [0.4, 0.5) is 0 Å². The molecule has 1 rings (SSSR count). The van der Waals surface area contributed by atoms with Crippen LogP contribution >= 0.6 is 23.2 Å². The highest BCUT2D eigenvalue weighted by atomic mass is 35.5. The largest absolute Gasteiger partial charge is 0.462 e. The molecule has 0 saturated carbocycles. The molecule has 0 amide bonds. The molecule has 0 heterocycles. The first-order chi connectivity index (χ1) is 9.40. The second-order valence-electron chi connectivity index (χ2n) is 4.33. The molecule has 0 unspecified atom stereocenters. The van der Waals surface area contributed by atoms with Crippen LogP contribution in [0.1, 0.15) is 13.8 Å². The lowest BCUT2D eigenvalue weighted by Crippen LogP contribution is -2.09. The van der Waals surface area contributed by atoms with Gasteiger partial charge in [0.25, 0.3) is 0 Å². The van der Waals surface area contributed by atoms with Gasteiger partial charge in [0.05, 0.1) is 16.7 Å². The molecule has 0 N–H and O–H groups in total. The number of para-hydroxylation sites is 1. The first-order valence-corrected chi connectivity index (χ1v) is 6.66. The van der Waals surface area contributed by atoms with Crippen molar-refractivity contribution < 1.29 is 19.1 Å². The van der Waals surface area contributed by atoms with Crippen molar-refractivity contribution in [2.75, 3.05) is 6.61 Å². The maximum absolute atomic E-state index is 11.5. The molecule has 4 nitrogen and oxygen atoms in total. The Labute approximate surface area is 127 Å². The van der Waals surface area contributed by atoms with Crippen LogP contribution in [0.5, 0.6) is 5.75 Å². The molecule has 6 heteroatoms. The zero-order valence-corrected chi connectivity index (χ0v) is 12.6. The predicted octanol–water partition coefficient (Wildman–Crippen LogP) is 3.65. The summed E-state index contributed by atoms with van der Waals surface area (Å²) < 4.78 is 9.82. The van der Waals surface area contributed by atoms with Crippen LogP contribution in [0, 0.1) is 5.92 Å². The van der Waals surface area contributed by atoms with Crippen LogP contribution in [-0.2, 0) is 14.3 Å². The summed E-state index contributed by atoms with van der Waals surface area (Å²) in [6, 6.07) is 4.70. The van der Waals surface area contributed by atoms with Gasteiger partial charge in [0.15, 0.2) is 5.75 Å². The van der Waals surface area contributed by atoms with Gasteiger partial charge in [-0.2, -0.15) is 0 Å². The third-order valence-corrected chi connectivity index (χ3v) is 2.63. The molecule has 20 heavy (non-hydrogen) atoms. The Balaban J connectivity index is 2.57. The molecule has 0 saturated heterocycles. The number of carbonyl (C=O) groups excluding carboxylic acids is 2. The predicted molar refractivity (Wildman–Crippen MR) is 77.0 cm³/mol. The Morgan fingerprint density at radius 3 is 2.25 bits per heavy atom. The van der Waals surface area contributed by atoms with E-state index in [4.69, 9.17) is 32.7 Å². The Morgan fingerprint density at radius 1 is 1.15 bits per heavy atom. The molecule has 1 aromatic rings. The summed E-state index contributed by atoms with van der Waals surface area (Å²) in [5, 5.41) is 0.420. The first kappa shape index (κ1) is 16.5. The molecule has 1 aromatic carbocycles. The van der Waals surface area contributed by atoms with E-state index in [2.05, 4.69) is 0 Å². The van der Waals surface area contributed by atoms with Gasteiger partial charge < -0.3 is 9.47 Å². The third-order valence-electron chi connectivity index (χ3n) is 2.04. The maximum atomic E-state index is 11.5. The van der Waals surface area contributed by atoms with Gasteiger partial charge in [-0.25, -0.2) is 9.59 Å². The smallest absolute Gasteiger partial charge is 0.336 e. The molecule has 0 aromatic heterocycles. The maximum Gasteiger partial charge on any atom is 0.336 e. The van der Waals surface area contributed by atoms with E-state index in [0.29, 0.717) is 0 Å². The van der Waals surface area contributed by atoms with E-state index in [1.807, 2.05) is 13.8 Å². The average Bonchev–Trinajstić information content (AvgIpc) is 2.38. The summed E-state index contributed by atoms with van der Waals surface area (Å²) in [4.78, 5) is 22.8.